The molecule has 4 heteroatoms. The summed E-state index contributed by atoms with van der Waals surface area (Å²) >= 11 is 0. The van der Waals surface area contributed by atoms with Crippen molar-refractivity contribution in [1.82, 2.24) is 0 Å². The number of phenols is 1. The third-order valence-electron chi connectivity index (χ3n) is 7.19. The number of ether oxygens (including phenoxy) is 2. The minimum atomic E-state index is -0.369. The average Bonchev–Trinajstić information content (AvgIpc) is 2.69. The summed E-state index contributed by atoms with van der Waals surface area (Å²) in [5.41, 5.74) is 2.26. The van der Waals surface area contributed by atoms with E-state index in [1.54, 1.807) is 0 Å². The molecule has 1 aliphatic heterocycles. The number of carbonyl (C=O) groups is 1. The van der Waals surface area contributed by atoms with E-state index in [4.69, 9.17) is 9.47 Å². The molecule has 1 heterocycles. The summed E-state index contributed by atoms with van der Waals surface area (Å²) in [6.07, 6.45) is 9.30. The van der Waals surface area contributed by atoms with Crippen LogP contribution in [-0.4, -0.2) is 23.8 Å². The molecule has 1 N–H and O–H groups in total. The molecule has 0 radical (unpaired) electrons. The van der Waals surface area contributed by atoms with Crippen molar-refractivity contribution in [3.05, 3.63) is 34.9 Å². The zero-order valence-corrected chi connectivity index (χ0v) is 19.5. The number of rotatable bonds is 7. The van der Waals surface area contributed by atoms with Crippen LogP contribution in [0.15, 0.2) is 23.8 Å². The number of hydrogen-bond donors (Lipinski definition) is 1. The molecule has 1 aromatic rings. The van der Waals surface area contributed by atoms with Gasteiger partial charge in [0.05, 0.1) is 7.11 Å². The number of phenolic OH excluding ortho intramolecular Hbond substituents is 1. The van der Waals surface area contributed by atoms with Gasteiger partial charge in [-0.3, -0.25) is 0 Å². The second kappa shape index (κ2) is 8.64. The van der Waals surface area contributed by atoms with Gasteiger partial charge in [-0.25, -0.2) is 4.79 Å². The third-order valence-corrected chi connectivity index (χ3v) is 7.19. The Hall–Kier alpha value is -1.97. The maximum Gasteiger partial charge on any atom is 0.333 e. The van der Waals surface area contributed by atoms with Gasteiger partial charge in [0.25, 0.3) is 0 Å². The molecule has 0 saturated heterocycles. The van der Waals surface area contributed by atoms with E-state index in [2.05, 4.69) is 40.7 Å². The lowest BCUT2D eigenvalue weighted by atomic mass is 9.66. The fourth-order valence-electron chi connectivity index (χ4n) is 5.22. The molecule has 4 nitrogen and oxygen atoms in total. The molecule has 0 amide bonds. The van der Waals surface area contributed by atoms with Crippen molar-refractivity contribution in [1.29, 1.82) is 0 Å². The summed E-state index contributed by atoms with van der Waals surface area (Å²) in [7, 11) is 1.42. The van der Waals surface area contributed by atoms with Crippen LogP contribution in [0.25, 0.3) is 0 Å². The monoisotopic (exact) mass is 414 g/mol. The van der Waals surface area contributed by atoms with E-state index < -0.39 is 0 Å². The van der Waals surface area contributed by atoms with Crippen LogP contribution in [-0.2, 0) is 14.9 Å². The van der Waals surface area contributed by atoms with Crippen LogP contribution in [0.3, 0.4) is 0 Å². The molecule has 0 bridgehead atoms. The maximum absolute atomic E-state index is 12.1. The van der Waals surface area contributed by atoms with E-state index in [1.165, 1.54) is 32.8 Å². The highest BCUT2D eigenvalue weighted by atomic mass is 16.5. The van der Waals surface area contributed by atoms with E-state index in [1.807, 2.05) is 12.1 Å². The number of benzene rings is 1. The first-order chi connectivity index (χ1) is 14.1. The van der Waals surface area contributed by atoms with Crippen LogP contribution in [0.2, 0.25) is 0 Å². The number of allylic oxidation sites excluding steroid dienone is 1. The molecule has 30 heavy (non-hydrogen) atoms. The van der Waals surface area contributed by atoms with Crippen molar-refractivity contribution in [3.63, 3.8) is 0 Å². The Morgan fingerprint density at radius 3 is 2.67 bits per heavy atom. The molecule has 2 atom stereocenters. The van der Waals surface area contributed by atoms with Crippen molar-refractivity contribution >= 4 is 5.97 Å². The second-order valence-electron chi connectivity index (χ2n) is 10.2. The van der Waals surface area contributed by atoms with Crippen LogP contribution >= 0.6 is 0 Å². The molecule has 0 aromatic heterocycles. The lowest BCUT2D eigenvalue weighted by Crippen LogP contribution is -2.46. The number of hydrogen-bond acceptors (Lipinski definition) is 4. The summed E-state index contributed by atoms with van der Waals surface area (Å²) in [6, 6.07) is 4.05. The van der Waals surface area contributed by atoms with E-state index in [9.17, 15) is 9.90 Å². The molecule has 3 rings (SSSR count). The van der Waals surface area contributed by atoms with Gasteiger partial charge < -0.3 is 14.6 Å². The van der Waals surface area contributed by atoms with Gasteiger partial charge in [0.1, 0.15) is 17.1 Å². The van der Waals surface area contributed by atoms with Crippen LogP contribution in [0.4, 0.5) is 0 Å². The Kier molecular flexibility index (Phi) is 6.54. The van der Waals surface area contributed by atoms with E-state index in [0.29, 0.717) is 17.7 Å². The van der Waals surface area contributed by atoms with Crippen molar-refractivity contribution in [2.45, 2.75) is 96.5 Å². The first-order valence-electron chi connectivity index (χ1n) is 11.4. The number of fused-ring (bicyclic) bond motifs is 3. The maximum atomic E-state index is 12.1. The molecule has 166 valence electrons. The molecule has 0 saturated carbocycles. The molecule has 2 aliphatic rings. The first-order valence-corrected chi connectivity index (χ1v) is 11.4. The second-order valence-corrected chi connectivity index (χ2v) is 10.2. The highest BCUT2D eigenvalue weighted by molar-refractivity contribution is 5.88. The van der Waals surface area contributed by atoms with Gasteiger partial charge in [-0.15, -0.1) is 0 Å². The minimum absolute atomic E-state index is 0.0335. The highest BCUT2D eigenvalue weighted by Crippen LogP contribution is 2.55. The lowest BCUT2D eigenvalue weighted by molar-refractivity contribution is -0.136. The number of unbranched alkanes of at least 4 members (excludes halogenated alkanes) is 3. The Morgan fingerprint density at radius 2 is 2.00 bits per heavy atom. The smallest absolute Gasteiger partial charge is 0.333 e. The van der Waals surface area contributed by atoms with Crippen LogP contribution in [0.1, 0.15) is 96.6 Å². The van der Waals surface area contributed by atoms with E-state index >= 15 is 0 Å². The third kappa shape index (κ3) is 4.38. The van der Waals surface area contributed by atoms with Gasteiger partial charge in [-0.05, 0) is 56.2 Å². The summed E-state index contributed by atoms with van der Waals surface area (Å²) < 4.78 is 11.4. The largest absolute Gasteiger partial charge is 0.508 e. The van der Waals surface area contributed by atoms with Crippen LogP contribution < -0.4 is 4.74 Å². The predicted molar refractivity (Wildman–Crippen MR) is 120 cm³/mol. The molecular weight excluding hydrogens is 376 g/mol. The van der Waals surface area contributed by atoms with Crippen LogP contribution in [0.5, 0.6) is 11.5 Å². The van der Waals surface area contributed by atoms with E-state index in [0.717, 1.165) is 29.7 Å². The van der Waals surface area contributed by atoms with Gasteiger partial charge >= 0.3 is 5.97 Å². The summed E-state index contributed by atoms with van der Waals surface area (Å²) in [5.74, 6) is 1.04. The fraction of sp³-hybridized carbons (Fsp3) is 0.654. The molecule has 0 spiro atoms. The SMILES string of the molecule is CCCCCCC(C)(C)c1cc(O)c2c(c1)OC(C)(C)[C@@H]1CC=C(C(=O)OC)CC21. The Morgan fingerprint density at radius 1 is 1.27 bits per heavy atom. The minimum Gasteiger partial charge on any atom is -0.508 e. The van der Waals surface area contributed by atoms with E-state index in [-0.39, 0.29) is 28.8 Å². The normalized spacial score (nSPS) is 22.4. The standard InChI is InChI=1S/C26H38O4/c1-7-8-9-10-13-25(2,3)18-15-21(27)23-19-14-17(24(28)29-6)11-12-20(19)26(4,5)30-22(23)16-18/h11,15-16,19-20,27H,7-10,12-14H2,1-6H3/t19?,20-/m1/s1. The number of esters is 1. The predicted octanol–water partition coefficient (Wildman–Crippen LogP) is 6.40. The zero-order valence-electron chi connectivity index (χ0n) is 19.5. The average molecular weight is 415 g/mol. The van der Waals surface area contributed by atoms with Gasteiger partial charge in [-0.1, -0.05) is 52.5 Å². The Balaban J connectivity index is 1.94. The van der Waals surface area contributed by atoms with Crippen molar-refractivity contribution in [3.8, 4) is 11.5 Å². The Bertz CT molecular complexity index is 819. The highest BCUT2D eigenvalue weighted by Gasteiger charge is 2.47. The Labute approximate surface area is 181 Å². The number of aromatic hydroxyl groups is 1. The molecule has 1 unspecified atom stereocenters. The van der Waals surface area contributed by atoms with Gasteiger partial charge in [0.15, 0.2) is 0 Å². The fourth-order valence-corrected chi connectivity index (χ4v) is 5.22. The molecule has 1 aromatic carbocycles. The van der Waals surface area contributed by atoms with Crippen molar-refractivity contribution in [2.75, 3.05) is 7.11 Å². The summed E-state index contributed by atoms with van der Waals surface area (Å²) in [4.78, 5) is 12.1. The summed E-state index contributed by atoms with van der Waals surface area (Å²) in [6.45, 7) is 10.9. The zero-order chi connectivity index (χ0) is 22.1. The molecule has 1 aliphatic carbocycles. The molecule has 0 fully saturated rings. The summed E-state index contributed by atoms with van der Waals surface area (Å²) in [5, 5.41) is 11.1. The topological polar surface area (TPSA) is 55.8 Å². The number of methoxy groups -OCH3 is 1. The van der Waals surface area contributed by atoms with Crippen molar-refractivity contribution in [2.24, 2.45) is 5.92 Å². The quantitative estimate of drug-likeness (QED) is 0.414. The lowest BCUT2D eigenvalue weighted by Gasteiger charge is -2.47. The van der Waals surface area contributed by atoms with Crippen LogP contribution in [0, 0.1) is 5.92 Å². The van der Waals surface area contributed by atoms with Gasteiger partial charge in [0.2, 0.25) is 0 Å². The van der Waals surface area contributed by atoms with Gasteiger partial charge in [0, 0.05) is 23.0 Å². The van der Waals surface area contributed by atoms with Gasteiger partial charge in [-0.2, -0.15) is 0 Å². The first kappa shape index (κ1) is 22.7. The molecular formula is C26H38O4. The number of carbonyl (C=O) groups excluding carboxylic acids is 1. The van der Waals surface area contributed by atoms with Crippen molar-refractivity contribution < 1.29 is 19.4 Å².